The van der Waals surface area contributed by atoms with E-state index in [4.69, 9.17) is 5.73 Å². The molecule has 4 nitrogen and oxygen atoms in total. The molecule has 0 fully saturated rings. The van der Waals surface area contributed by atoms with Crippen molar-refractivity contribution in [1.29, 1.82) is 0 Å². The second-order valence-electron chi connectivity index (χ2n) is 5.86. The van der Waals surface area contributed by atoms with Gasteiger partial charge < -0.3 is 15.8 Å². The van der Waals surface area contributed by atoms with Crippen molar-refractivity contribution in [2.24, 2.45) is 10.7 Å². The zero-order valence-electron chi connectivity index (χ0n) is 13.4. The molecule has 0 saturated heterocycles. The zero-order valence-corrected chi connectivity index (χ0v) is 13.4. The minimum absolute atomic E-state index is 0.199. The van der Waals surface area contributed by atoms with Crippen LogP contribution in [-0.4, -0.2) is 12.3 Å². The van der Waals surface area contributed by atoms with Crippen LogP contribution in [0.5, 0.6) is 5.75 Å². The SMILES string of the molecule is NC(=NCc1ccc2c(c1)CCC2)Nc1ccc(OC(F)(F)F)cc1. The smallest absolute Gasteiger partial charge is 0.406 e. The highest BCUT2D eigenvalue weighted by atomic mass is 19.4. The third-order valence-corrected chi connectivity index (χ3v) is 3.96. The topological polar surface area (TPSA) is 59.6 Å². The van der Waals surface area contributed by atoms with Crippen molar-refractivity contribution in [3.8, 4) is 5.75 Å². The number of nitrogens with two attached hydrogens (primary N) is 1. The number of rotatable bonds is 4. The molecular formula is C18H18F3N3O. The summed E-state index contributed by atoms with van der Waals surface area (Å²) in [6, 6.07) is 11.6. The third kappa shape index (κ3) is 4.89. The number of ether oxygens (including phenoxy) is 1. The van der Waals surface area contributed by atoms with E-state index >= 15 is 0 Å². The molecule has 1 aliphatic rings. The van der Waals surface area contributed by atoms with Gasteiger partial charge in [0.15, 0.2) is 5.96 Å². The molecule has 0 atom stereocenters. The second-order valence-corrected chi connectivity index (χ2v) is 5.86. The maximum atomic E-state index is 12.1. The molecule has 132 valence electrons. The van der Waals surface area contributed by atoms with E-state index < -0.39 is 6.36 Å². The molecule has 0 saturated carbocycles. The van der Waals surface area contributed by atoms with Crippen LogP contribution in [0.1, 0.15) is 23.1 Å². The van der Waals surface area contributed by atoms with Crippen molar-refractivity contribution in [3.05, 3.63) is 59.2 Å². The summed E-state index contributed by atoms with van der Waals surface area (Å²) in [4.78, 5) is 4.27. The van der Waals surface area contributed by atoms with Crippen LogP contribution in [0.15, 0.2) is 47.5 Å². The molecule has 2 aromatic carbocycles. The molecule has 7 heteroatoms. The first-order valence-electron chi connectivity index (χ1n) is 7.92. The van der Waals surface area contributed by atoms with Crippen molar-refractivity contribution in [3.63, 3.8) is 0 Å². The normalized spacial score (nSPS) is 14.3. The fourth-order valence-electron chi connectivity index (χ4n) is 2.83. The first kappa shape index (κ1) is 17.1. The van der Waals surface area contributed by atoms with Crippen LogP contribution in [0.2, 0.25) is 0 Å². The van der Waals surface area contributed by atoms with E-state index in [-0.39, 0.29) is 11.7 Å². The minimum atomic E-state index is -4.70. The largest absolute Gasteiger partial charge is 0.573 e. The van der Waals surface area contributed by atoms with Crippen LogP contribution in [-0.2, 0) is 19.4 Å². The standard InChI is InChI=1S/C18H18F3N3O/c19-18(20,21)25-16-8-6-15(7-9-16)24-17(22)23-11-12-4-5-13-2-1-3-14(13)10-12/h4-10H,1-3,11H2,(H3,22,23,24). The maximum absolute atomic E-state index is 12.1. The van der Waals surface area contributed by atoms with Gasteiger partial charge in [0.25, 0.3) is 0 Å². The fourth-order valence-corrected chi connectivity index (χ4v) is 2.83. The molecular weight excluding hydrogens is 331 g/mol. The number of hydrogen-bond acceptors (Lipinski definition) is 2. The van der Waals surface area contributed by atoms with Crippen LogP contribution >= 0.6 is 0 Å². The average molecular weight is 349 g/mol. The predicted molar refractivity (Wildman–Crippen MR) is 90.5 cm³/mol. The molecule has 3 N–H and O–H groups in total. The van der Waals surface area contributed by atoms with Crippen LogP contribution in [0.3, 0.4) is 0 Å². The minimum Gasteiger partial charge on any atom is -0.406 e. The van der Waals surface area contributed by atoms with E-state index in [1.54, 1.807) is 0 Å². The van der Waals surface area contributed by atoms with Crippen molar-refractivity contribution < 1.29 is 17.9 Å². The highest BCUT2D eigenvalue weighted by Gasteiger charge is 2.30. The van der Waals surface area contributed by atoms with E-state index in [1.165, 1.54) is 41.8 Å². The number of nitrogens with zero attached hydrogens (tertiary/aromatic N) is 1. The van der Waals surface area contributed by atoms with Crippen LogP contribution < -0.4 is 15.8 Å². The van der Waals surface area contributed by atoms with Crippen LogP contribution in [0, 0.1) is 0 Å². The molecule has 0 spiro atoms. The lowest BCUT2D eigenvalue weighted by Crippen LogP contribution is -2.22. The monoisotopic (exact) mass is 349 g/mol. The summed E-state index contributed by atoms with van der Waals surface area (Å²) in [6.45, 7) is 0.446. The number of anilines is 1. The summed E-state index contributed by atoms with van der Waals surface area (Å²) in [6.07, 6.45) is -1.27. The molecule has 2 aromatic rings. The predicted octanol–water partition coefficient (Wildman–Crippen LogP) is 4.00. The van der Waals surface area contributed by atoms with Gasteiger partial charge in [-0.05, 0) is 60.2 Å². The van der Waals surface area contributed by atoms with Gasteiger partial charge >= 0.3 is 6.36 Å². The molecule has 1 aliphatic carbocycles. The number of benzene rings is 2. The highest BCUT2D eigenvalue weighted by molar-refractivity contribution is 5.92. The molecule has 0 bridgehead atoms. The lowest BCUT2D eigenvalue weighted by molar-refractivity contribution is -0.274. The fraction of sp³-hybridized carbons (Fsp3) is 0.278. The number of nitrogens with one attached hydrogen (secondary N) is 1. The summed E-state index contributed by atoms with van der Waals surface area (Å²) in [5.74, 6) is -0.0864. The quantitative estimate of drug-likeness (QED) is 0.648. The van der Waals surface area contributed by atoms with Crippen molar-refractivity contribution in [2.45, 2.75) is 32.2 Å². The summed E-state index contributed by atoms with van der Waals surface area (Å²) >= 11 is 0. The Morgan fingerprint density at radius 2 is 1.80 bits per heavy atom. The number of guanidine groups is 1. The van der Waals surface area contributed by atoms with E-state index in [9.17, 15) is 13.2 Å². The van der Waals surface area contributed by atoms with Gasteiger partial charge in [0.1, 0.15) is 5.75 Å². The van der Waals surface area contributed by atoms with Crippen LogP contribution in [0.4, 0.5) is 18.9 Å². The Hall–Kier alpha value is -2.70. The number of alkyl halides is 3. The van der Waals surface area contributed by atoms with Crippen molar-refractivity contribution >= 4 is 11.6 Å². The Morgan fingerprint density at radius 1 is 1.08 bits per heavy atom. The van der Waals surface area contributed by atoms with Gasteiger partial charge in [-0.15, -0.1) is 13.2 Å². The number of fused-ring (bicyclic) bond motifs is 1. The summed E-state index contributed by atoms with van der Waals surface area (Å²) in [5.41, 5.74) is 10.2. The first-order valence-corrected chi connectivity index (χ1v) is 7.92. The molecule has 0 aliphatic heterocycles. The van der Waals surface area contributed by atoms with Crippen molar-refractivity contribution in [2.75, 3.05) is 5.32 Å². The van der Waals surface area contributed by atoms with Gasteiger partial charge in [-0.25, -0.2) is 4.99 Å². The van der Waals surface area contributed by atoms with Gasteiger partial charge in [-0.1, -0.05) is 18.2 Å². The molecule has 0 aromatic heterocycles. The van der Waals surface area contributed by atoms with E-state index in [2.05, 4.69) is 27.2 Å². The van der Waals surface area contributed by atoms with E-state index in [0.29, 0.717) is 12.2 Å². The maximum Gasteiger partial charge on any atom is 0.573 e. The van der Waals surface area contributed by atoms with Crippen LogP contribution in [0.25, 0.3) is 0 Å². The average Bonchev–Trinajstić information content (AvgIpc) is 3.01. The van der Waals surface area contributed by atoms with Gasteiger partial charge in [0.05, 0.1) is 6.54 Å². The number of halogens is 3. The summed E-state index contributed by atoms with van der Waals surface area (Å²) in [7, 11) is 0. The van der Waals surface area contributed by atoms with Gasteiger partial charge in [0.2, 0.25) is 0 Å². The number of aliphatic imine (C=N–C) groups is 1. The Bertz CT molecular complexity index is 770. The molecule has 25 heavy (non-hydrogen) atoms. The highest BCUT2D eigenvalue weighted by Crippen LogP contribution is 2.24. The van der Waals surface area contributed by atoms with E-state index in [1.807, 2.05) is 6.07 Å². The molecule has 3 rings (SSSR count). The van der Waals surface area contributed by atoms with Crippen molar-refractivity contribution in [1.82, 2.24) is 0 Å². The molecule has 0 unspecified atom stereocenters. The molecule has 0 radical (unpaired) electrons. The molecule has 0 amide bonds. The number of hydrogen-bond donors (Lipinski definition) is 2. The Labute approximate surface area is 143 Å². The summed E-state index contributed by atoms with van der Waals surface area (Å²) < 4.78 is 40.2. The van der Waals surface area contributed by atoms with E-state index in [0.717, 1.165) is 18.4 Å². The lowest BCUT2D eigenvalue weighted by Gasteiger charge is -2.10. The Kier molecular flexibility index (Phi) is 4.83. The molecule has 0 heterocycles. The van der Waals surface area contributed by atoms with Gasteiger partial charge in [-0.2, -0.15) is 0 Å². The zero-order chi connectivity index (χ0) is 17.9. The van der Waals surface area contributed by atoms with Gasteiger partial charge in [0, 0.05) is 5.69 Å². The second kappa shape index (κ2) is 7.04. The summed E-state index contributed by atoms with van der Waals surface area (Å²) in [5, 5.41) is 2.85. The first-order chi connectivity index (χ1) is 11.9. The number of aryl methyl sites for hydroxylation is 2. The third-order valence-electron chi connectivity index (χ3n) is 3.96. The lowest BCUT2D eigenvalue weighted by atomic mass is 10.1. The van der Waals surface area contributed by atoms with Gasteiger partial charge in [-0.3, -0.25) is 0 Å². The Balaban J connectivity index is 1.58. The Morgan fingerprint density at radius 3 is 2.52 bits per heavy atom.